The lowest BCUT2D eigenvalue weighted by molar-refractivity contribution is -0.0142. The molecule has 0 unspecified atom stereocenters. The van der Waals surface area contributed by atoms with Gasteiger partial charge >= 0.3 is 0 Å². The quantitative estimate of drug-likeness (QED) is 0.0517. The van der Waals surface area contributed by atoms with Gasteiger partial charge in [-0.3, -0.25) is 0 Å². The molecule has 2 atom stereocenters. The van der Waals surface area contributed by atoms with E-state index in [1.54, 1.807) is 0 Å². The standard InChI is InChI=1S/C54H84O9/c1-9-11-13-18-45-37-50(55)48(23-20-43(7)17-15-16-41(3)4)52(39-45)62-34-32-60-30-28-58-26-24-57-25-27-59-29-31-61-33-35-63-53-40-46(19-14-12-10-2)38-51(56)54(53)49-36-44(8)21-22-47(49)42(5)6/h16,20,36-40,47,49,55-56H,5,9-15,17-19,21-35H2,1-4,6-8H3/b43-20+/t47-,49+/m0/s1. The lowest BCUT2D eigenvalue weighted by Gasteiger charge is -2.32. The van der Waals surface area contributed by atoms with Gasteiger partial charge in [0.2, 0.25) is 0 Å². The summed E-state index contributed by atoms with van der Waals surface area (Å²) in [6, 6.07) is 8.03. The Balaban J connectivity index is 1.27. The highest BCUT2D eigenvalue weighted by molar-refractivity contribution is 5.53. The third-order valence-corrected chi connectivity index (χ3v) is 11.5. The first kappa shape index (κ1) is 53.7. The molecule has 0 aromatic heterocycles. The second kappa shape index (κ2) is 32.1. The van der Waals surface area contributed by atoms with Gasteiger partial charge in [0.15, 0.2) is 0 Å². The van der Waals surface area contributed by atoms with Crippen LogP contribution < -0.4 is 9.47 Å². The van der Waals surface area contributed by atoms with Gasteiger partial charge in [0.1, 0.15) is 36.2 Å². The number of phenolic OH excluding ortho intramolecular Hbond substituents is 2. The van der Waals surface area contributed by atoms with Crippen LogP contribution in [0.3, 0.4) is 0 Å². The highest BCUT2D eigenvalue weighted by Crippen LogP contribution is 2.47. The van der Waals surface area contributed by atoms with Gasteiger partial charge < -0.3 is 43.4 Å². The third kappa shape index (κ3) is 21.8. The normalized spacial score (nSPS) is 15.3. The third-order valence-electron chi connectivity index (χ3n) is 11.5. The number of rotatable bonds is 35. The van der Waals surface area contributed by atoms with E-state index in [4.69, 9.17) is 33.2 Å². The molecule has 1 aliphatic carbocycles. The second-order valence-electron chi connectivity index (χ2n) is 17.4. The average molecular weight is 877 g/mol. The van der Waals surface area contributed by atoms with Gasteiger partial charge in [0, 0.05) is 17.0 Å². The van der Waals surface area contributed by atoms with Crippen LogP contribution in [-0.2, 0) is 42.9 Å². The molecule has 63 heavy (non-hydrogen) atoms. The van der Waals surface area contributed by atoms with Crippen molar-refractivity contribution in [3.8, 4) is 23.0 Å². The minimum absolute atomic E-state index is 0.0377. The lowest BCUT2D eigenvalue weighted by Crippen LogP contribution is -2.19. The summed E-state index contributed by atoms with van der Waals surface area (Å²) in [5.74, 6) is 2.39. The fourth-order valence-corrected chi connectivity index (χ4v) is 7.86. The van der Waals surface area contributed by atoms with Crippen LogP contribution in [0.2, 0.25) is 0 Å². The number of benzene rings is 2. The molecule has 3 rings (SSSR count). The van der Waals surface area contributed by atoms with Gasteiger partial charge in [0.05, 0.1) is 66.1 Å². The van der Waals surface area contributed by atoms with E-state index in [2.05, 4.69) is 85.4 Å². The van der Waals surface area contributed by atoms with E-state index >= 15 is 0 Å². The van der Waals surface area contributed by atoms with E-state index in [1.165, 1.54) is 16.7 Å². The molecule has 0 radical (unpaired) electrons. The molecule has 2 N–H and O–H groups in total. The summed E-state index contributed by atoms with van der Waals surface area (Å²) in [7, 11) is 0. The molecular weight excluding hydrogens is 793 g/mol. The fraction of sp³-hybridized carbons (Fsp3) is 0.630. The molecule has 0 aliphatic heterocycles. The molecule has 1 aliphatic rings. The number of phenols is 2. The van der Waals surface area contributed by atoms with Crippen molar-refractivity contribution >= 4 is 0 Å². The highest BCUT2D eigenvalue weighted by atomic mass is 16.6. The molecule has 0 fully saturated rings. The Kier molecular flexibility index (Phi) is 27.4. The Morgan fingerprint density at radius 1 is 0.651 bits per heavy atom. The maximum atomic E-state index is 11.3. The van der Waals surface area contributed by atoms with Crippen LogP contribution in [0.15, 0.2) is 71.4 Å². The first-order valence-electron chi connectivity index (χ1n) is 24.0. The molecule has 2 aromatic rings. The Bertz CT molecular complexity index is 1690. The summed E-state index contributed by atoms with van der Waals surface area (Å²) in [5.41, 5.74) is 9.00. The first-order valence-corrected chi connectivity index (χ1v) is 24.0. The molecule has 9 nitrogen and oxygen atoms in total. The van der Waals surface area contributed by atoms with E-state index in [0.717, 1.165) is 116 Å². The number of hydrogen-bond acceptors (Lipinski definition) is 9. The van der Waals surface area contributed by atoms with Crippen LogP contribution in [-0.4, -0.2) is 89.5 Å². The Hall–Kier alpha value is -3.60. The summed E-state index contributed by atoms with van der Waals surface area (Å²) in [6.07, 6.45) is 20.1. The molecule has 2 aromatic carbocycles. The SMILES string of the molecule is C=C(C)[C@@H]1CCC(C)=C[C@H]1c1c(O)cc(CCCCC)cc1OCCOCCOCCOCCOCCOCCOc1cc(CCCCC)cc(O)c1C/C=C(\C)CCC=C(C)C. The molecule has 0 heterocycles. The van der Waals surface area contributed by atoms with E-state index in [9.17, 15) is 10.2 Å². The van der Waals surface area contributed by atoms with Crippen LogP contribution in [0.1, 0.15) is 141 Å². The lowest BCUT2D eigenvalue weighted by atomic mass is 9.73. The van der Waals surface area contributed by atoms with Gasteiger partial charge in [-0.2, -0.15) is 0 Å². The zero-order valence-electron chi connectivity index (χ0n) is 40.3. The van der Waals surface area contributed by atoms with Crippen LogP contribution in [0.25, 0.3) is 0 Å². The number of hydrogen-bond donors (Lipinski definition) is 2. The summed E-state index contributed by atoms with van der Waals surface area (Å²) in [5, 5.41) is 22.3. The minimum atomic E-state index is 0.0377. The van der Waals surface area contributed by atoms with Crippen molar-refractivity contribution < 1.29 is 43.4 Å². The van der Waals surface area contributed by atoms with Gasteiger partial charge in [-0.15, -0.1) is 0 Å². The Morgan fingerprint density at radius 2 is 1.14 bits per heavy atom. The van der Waals surface area contributed by atoms with Gasteiger partial charge in [0.25, 0.3) is 0 Å². The highest BCUT2D eigenvalue weighted by Gasteiger charge is 2.30. The van der Waals surface area contributed by atoms with Crippen molar-refractivity contribution in [1.82, 2.24) is 0 Å². The predicted octanol–water partition coefficient (Wildman–Crippen LogP) is 12.4. The largest absolute Gasteiger partial charge is 0.508 e. The smallest absolute Gasteiger partial charge is 0.127 e. The van der Waals surface area contributed by atoms with Crippen molar-refractivity contribution in [2.75, 3.05) is 79.3 Å². The second-order valence-corrected chi connectivity index (χ2v) is 17.4. The number of allylic oxidation sites excluding steroid dienone is 7. The van der Waals surface area contributed by atoms with Crippen LogP contribution in [0.4, 0.5) is 0 Å². The van der Waals surface area contributed by atoms with Gasteiger partial charge in [-0.25, -0.2) is 0 Å². The maximum absolute atomic E-state index is 11.3. The minimum Gasteiger partial charge on any atom is -0.508 e. The fourth-order valence-electron chi connectivity index (χ4n) is 7.86. The number of ether oxygens (including phenoxy) is 7. The predicted molar refractivity (Wildman–Crippen MR) is 258 cm³/mol. The zero-order chi connectivity index (χ0) is 45.7. The van der Waals surface area contributed by atoms with Crippen LogP contribution in [0, 0.1) is 5.92 Å². The summed E-state index contributed by atoms with van der Waals surface area (Å²) < 4.78 is 41.1. The van der Waals surface area contributed by atoms with Gasteiger partial charge in [-0.05, 0) is 134 Å². The molecule has 0 spiro atoms. The monoisotopic (exact) mass is 877 g/mol. The van der Waals surface area contributed by atoms with Crippen molar-refractivity contribution in [2.45, 2.75) is 138 Å². The average Bonchev–Trinajstić information content (AvgIpc) is 3.24. The maximum Gasteiger partial charge on any atom is 0.127 e. The van der Waals surface area contributed by atoms with Crippen molar-refractivity contribution in [3.63, 3.8) is 0 Å². The molecule has 0 saturated heterocycles. The van der Waals surface area contributed by atoms with Crippen LogP contribution in [0.5, 0.6) is 23.0 Å². The van der Waals surface area contributed by atoms with Crippen LogP contribution >= 0.6 is 0 Å². The summed E-state index contributed by atoms with van der Waals surface area (Å²) >= 11 is 0. The molecule has 0 saturated carbocycles. The number of aryl methyl sites for hydroxylation is 2. The summed E-state index contributed by atoms with van der Waals surface area (Å²) in [6.45, 7) is 24.7. The Labute approximate surface area is 381 Å². The molecule has 0 amide bonds. The van der Waals surface area contributed by atoms with E-state index in [-0.39, 0.29) is 11.8 Å². The first-order chi connectivity index (χ1) is 30.5. The van der Waals surface area contributed by atoms with Crippen molar-refractivity contribution in [3.05, 3.63) is 93.6 Å². The van der Waals surface area contributed by atoms with Gasteiger partial charge in [-0.1, -0.05) is 86.6 Å². The van der Waals surface area contributed by atoms with Crippen molar-refractivity contribution in [1.29, 1.82) is 0 Å². The molecule has 354 valence electrons. The molecule has 0 bridgehead atoms. The Morgan fingerprint density at radius 3 is 1.65 bits per heavy atom. The molecule has 9 heteroatoms. The van der Waals surface area contributed by atoms with E-state index in [0.29, 0.717) is 97.2 Å². The topological polar surface area (TPSA) is 105 Å². The van der Waals surface area contributed by atoms with Crippen molar-refractivity contribution in [2.24, 2.45) is 5.92 Å². The van der Waals surface area contributed by atoms with E-state index < -0.39 is 0 Å². The molecular formula is C54H84O9. The number of aromatic hydroxyl groups is 2. The number of unbranched alkanes of at least 4 members (excludes halogenated alkanes) is 4. The zero-order valence-corrected chi connectivity index (χ0v) is 40.3. The summed E-state index contributed by atoms with van der Waals surface area (Å²) in [4.78, 5) is 0. The van der Waals surface area contributed by atoms with E-state index in [1.807, 2.05) is 12.1 Å².